The molecule has 4 aromatic rings. The number of rotatable bonds is 8. The van der Waals surface area contributed by atoms with Crippen LogP contribution in [0.1, 0.15) is 51.8 Å². The molecule has 0 saturated carbocycles. The summed E-state index contributed by atoms with van der Waals surface area (Å²) in [6.45, 7) is 3.87. The molecule has 1 aliphatic heterocycles. The fraction of sp³-hybridized carbons (Fsp3) is 0.194. The highest BCUT2D eigenvalue weighted by Crippen LogP contribution is 2.24. The number of para-hydroxylation sites is 1. The minimum Gasteiger partial charge on any atom is -0.322 e. The van der Waals surface area contributed by atoms with E-state index >= 15 is 4.39 Å². The van der Waals surface area contributed by atoms with Gasteiger partial charge in [0.1, 0.15) is 0 Å². The smallest absolute Gasteiger partial charge is 0.276 e. The SMILES string of the molecule is Cc1ccccc1C(=N)C(C)CCc1[nH]nc(C(=O)NC2N=C(c3ccccc3)c3ccccc3NC2=O)c1F. The van der Waals surface area contributed by atoms with Gasteiger partial charge in [-0.1, -0.05) is 79.7 Å². The summed E-state index contributed by atoms with van der Waals surface area (Å²) >= 11 is 0. The lowest BCUT2D eigenvalue weighted by Crippen LogP contribution is -2.42. The number of amides is 2. The van der Waals surface area contributed by atoms with Crippen LogP contribution in [0.5, 0.6) is 0 Å². The summed E-state index contributed by atoms with van der Waals surface area (Å²) in [5, 5.41) is 20.4. The molecule has 0 radical (unpaired) electrons. The quantitative estimate of drug-likeness (QED) is 0.236. The molecular formula is C31H29FN6O2. The lowest BCUT2D eigenvalue weighted by atomic mass is 9.91. The lowest BCUT2D eigenvalue weighted by Gasteiger charge is -2.14. The second kappa shape index (κ2) is 11.4. The van der Waals surface area contributed by atoms with Crippen molar-refractivity contribution in [3.8, 4) is 0 Å². The van der Waals surface area contributed by atoms with Crippen LogP contribution in [0.2, 0.25) is 0 Å². The third-order valence-corrected chi connectivity index (χ3v) is 7.01. The largest absolute Gasteiger partial charge is 0.322 e. The van der Waals surface area contributed by atoms with Crippen LogP contribution in [-0.2, 0) is 11.2 Å². The molecule has 0 aliphatic carbocycles. The van der Waals surface area contributed by atoms with E-state index in [0.29, 0.717) is 29.1 Å². The van der Waals surface area contributed by atoms with Crippen molar-refractivity contribution in [3.05, 3.63) is 118 Å². The number of nitrogens with one attached hydrogen (secondary N) is 4. The van der Waals surface area contributed by atoms with Gasteiger partial charge in [-0.25, -0.2) is 9.38 Å². The molecule has 5 rings (SSSR count). The van der Waals surface area contributed by atoms with Crippen molar-refractivity contribution < 1.29 is 14.0 Å². The summed E-state index contributed by atoms with van der Waals surface area (Å²) in [6.07, 6.45) is -0.553. The van der Waals surface area contributed by atoms with Crippen LogP contribution >= 0.6 is 0 Å². The van der Waals surface area contributed by atoms with Crippen molar-refractivity contribution in [2.75, 3.05) is 5.32 Å². The molecular weight excluding hydrogens is 507 g/mol. The highest BCUT2D eigenvalue weighted by Gasteiger charge is 2.29. The Bertz CT molecular complexity index is 1610. The van der Waals surface area contributed by atoms with Crippen molar-refractivity contribution in [1.29, 1.82) is 5.41 Å². The van der Waals surface area contributed by atoms with E-state index in [1.807, 2.05) is 80.6 Å². The Hall–Kier alpha value is -4.92. The second-order valence-corrected chi connectivity index (χ2v) is 9.79. The first-order valence-electron chi connectivity index (χ1n) is 13.0. The van der Waals surface area contributed by atoms with Gasteiger partial charge in [0, 0.05) is 16.8 Å². The van der Waals surface area contributed by atoms with E-state index in [2.05, 4.69) is 25.8 Å². The van der Waals surface area contributed by atoms with Crippen molar-refractivity contribution >= 4 is 28.9 Å². The van der Waals surface area contributed by atoms with E-state index < -0.39 is 29.5 Å². The fourth-order valence-electron chi connectivity index (χ4n) is 4.70. The minimum absolute atomic E-state index is 0.136. The van der Waals surface area contributed by atoms with E-state index in [9.17, 15) is 9.59 Å². The van der Waals surface area contributed by atoms with E-state index in [1.54, 1.807) is 12.1 Å². The molecule has 3 aromatic carbocycles. The second-order valence-electron chi connectivity index (χ2n) is 9.79. The van der Waals surface area contributed by atoms with Crippen LogP contribution in [0.4, 0.5) is 10.1 Å². The van der Waals surface area contributed by atoms with Gasteiger partial charge < -0.3 is 16.0 Å². The summed E-state index contributed by atoms with van der Waals surface area (Å²) in [7, 11) is 0. The number of hydrogen-bond donors (Lipinski definition) is 4. The molecule has 2 heterocycles. The van der Waals surface area contributed by atoms with Crippen LogP contribution < -0.4 is 10.6 Å². The number of halogens is 1. The summed E-state index contributed by atoms with van der Waals surface area (Å²) < 4.78 is 15.3. The monoisotopic (exact) mass is 536 g/mol. The number of anilines is 1. The maximum atomic E-state index is 15.3. The van der Waals surface area contributed by atoms with Crippen LogP contribution in [0, 0.1) is 24.1 Å². The number of carbonyl (C=O) groups excluding carboxylic acids is 2. The number of benzodiazepines with no additional fused rings is 1. The van der Waals surface area contributed by atoms with Gasteiger partial charge in [0.05, 0.1) is 17.1 Å². The average molecular weight is 537 g/mol. The maximum Gasteiger partial charge on any atom is 0.276 e. The van der Waals surface area contributed by atoms with Crippen molar-refractivity contribution in [3.63, 3.8) is 0 Å². The van der Waals surface area contributed by atoms with Gasteiger partial charge in [0.25, 0.3) is 11.8 Å². The first kappa shape index (κ1) is 26.7. The average Bonchev–Trinajstić information content (AvgIpc) is 3.27. The van der Waals surface area contributed by atoms with Gasteiger partial charge in [-0.2, -0.15) is 5.10 Å². The molecule has 0 spiro atoms. The van der Waals surface area contributed by atoms with Crippen LogP contribution in [-0.4, -0.2) is 39.6 Å². The molecule has 2 atom stereocenters. The van der Waals surface area contributed by atoms with Gasteiger partial charge in [-0.3, -0.25) is 14.7 Å². The van der Waals surface area contributed by atoms with Crippen LogP contribution in [0.25, 0.3) is 0 Å². The first-order chi connectivity index (χ1) is 19.3. The third kappa shape index (κ3) is 5.44. The van der Waals surface area contributed by atoms with E-state index in [-0.39, 0.29) is 18.0 Å². The molecule has 0 fully saturated rings. The van der Waals surface area contributed by atoms with Gasteiger partial charge >= 0.3 is 0 Å². The van der Waals surface area contributed by atoms with E-state index in [4.69, 9.17) is 5.41 Å². The summed E-state index contributed by atoms with van der Waals surface area (Å²) in [4.78, 5) is 30.7. The molecule has 40 heavy (non-hydrogen) atoms. The van der Waals surface area contributed by atoms with Crippen molar-refractivity contribution in [2.24, 2.45) is 10.9 Å². The molecule has 0 bridgehead atoms. The number of fused-ring (bicyclic) bond motifs is 1. The molecule has 2 amide bonds. The zero-order valence-corrected chi connectivity index (χ0v) is 22.2. The normalized spacial score (nSPS) is 15.3. The third-order valence-electron chi connectivity index (χ3n) is 7.01. The number of benzene rings is 3. The van der Waals surface area contributed by atoms with Gasteiger partial charge in [-0.05, 0) is 42.9 Å². The number of carbonyl (C=O) groups is 2. The summed E-state index contributed by atoms with van der Waals surface area (Å²) in [5.74, 6) is -2.32. The van der Waals surface area contributed by atoms with Gasteiger partial charge in [-0.15, -0.1) is 0 Å². The zero-order chi connectivity index (χ0) is 28.2. The number of aromatic amines is 1. The highest BCUT2D eigenvalue weighted by atomic mass is 19.1. The Balaban J connectivity index is 1.32. The summed E-state index contributed by atoms with van der Waals surface area (Å²) in [5.41, 5.74) is 4.63. The molecule has 202 valence electrons. The molecule has 8 nitrogen and oxygen atoms in total. The standard InChI is InChI=1S/C31H29FN6O2/c1-18-10-6-7-13-21(18)26(33)19(2)16-17-24-25(32)28(38-37-24)30(39)36-29-31(40)34-23-15-9-8-14-22(23)27(35-29)20-11-4-3-5-12-20/h3-15,19,29,33H,16-17H2,1-2H3,(H,34,40)(H,36,39)(H,37,38). The van der Waals surface area contributed by atoms with E-state index in [0.717, 1.165) is 16.7 Å². The zero-order valence-electron chi connectivity index (χ0n) is 22.2. The molecule has 1 aromatic heterocycles. The van der Waals surface area contributed by atoms with E-state index in [1.165, 1.54) is 0 Å². The Morgan fingerprint density at radius 3 is 2.52 bits per heavy atom. The Labute approximate surface area is 231 Å². The number of H-pyrrole nitrogens is 1. The number of aromatic nitrogens is 2. The van der Waals surface area contributed by atoms with Gasteiger partial charge in [0.2, 0.25) is 6.17 Å². The van der Waals surface area contributed by atoms with Crippen LogP contribution in [0.3, 0.4) is 0 Å². The predicted molar refractivity (Wildman–Crippen MR) is 152 cm³/mol. The number of hydrogen-bond acceptors (Lipinski definition) is 5. The molecule has 4 N–H and O–H groups in total. The van der Waals surface area contributed by atoms with Gasteiger partial charge in [0.15, 0.2) is 11.5 Å². The molecule has 9 heteroatoms. The molecule has 1 aliphatic rings. The lowest BCUT2D eigenvalue weighted by molar-refractivity contribution is -0.117. The first-order valence-corrected chi connectivity index (χ1v) is 13.0. The number of aryl methyl sites for hydroxylation is 2. The number of nitrogens with zero attached hydrogens (tertiary/aromatic N) is 2. The van der Waals surface area contributed by atoms with Crippen molar-refractivity contribution in [2.45, 2.75) is 32.9 Å². The fourth-order valence-corrected chi connectivity index (χ4v) is 4.70. The maximum absolute atomic E-state index is 15.3. The Kier molecular flexibility index (Phi) is 7.63. The number of aliphatic imine (C=N–C) groups is 1. The van der Waals surface area contributed by atoms with Crippen LogP contribution in [0.15, 0.2) is 83.9 Å². The Morgan fingerprint density at radius 2 is 1.75 bits per heavy atom. The van der Waals surface area contributed by atoms with Crippen molar-refractivity contribution in [1.82, 2.24) is 15.5 Å². The Morgan fingerprint density at radius 1 is 1.05 bits per heavy atom. The molecule has 0 saturated heterocycles. The summed E-state index contributed by atoms with van der Waals surface area (Å²) in [6, 6.07) is 24.2. The predicted octanol–water partition coefficient (Wildman–Crippen LogP) is 5.04. The minimum atomic E-state index is -1.30. The highest BCUT2D eigenvalue weighted by molar-refractivity contribution is 6.20. The topological polar surface area (TPSA) is 123 Å². The molecule has 2 unspecified atom stereocenters.